The number of carbonyl (C=O) groups excluding carboxylic acids is 1. The normalized spacial score (nSPS) is 29.0. The molecule has 0 amide bonds. The number of carbonyl (C=O) groups is 1. The molecule has 0 saturated heterocycles. The molecule has 21 heavy (non-hydrogen) atoms. The van der Waals surface area contributed by atoms with Crippen LogP contribution in [-0.2, 0) is 9.53 Å². The number of hydrogen-bond donors (Lipinski definition) is 0. The molecule has 0 spiro atoms. The van der Waals surface area contributed by atoms with E-state index in [2.05, 4.69) is 41.5 Å². The van der Waals surface area contributed by atoms with Gasteiger partial charge in [0.1, 0.15) is 6.10 Å². The molecular weight excluding hydrogens is 260 g/mol. The molecule has 1 fully saturated rings. The fraction of sp³-hybridized carbons (Fsp3) is 0.947. The fourth-order valence-corrected chi connectivity index (χ4v) is 3.22. The molecule has 3 unspecified atom stereocenters. The van der Waals surface area contributed by atoms with Crippen LogP contribution in [-0.4, -0.2) is 12.1 Å². The summed E-state index contributed by atoms with van der Waals surface area (Å²) in [7, 11) is 0. The van der Waals surface area contributed by atoms with Crippen LogP contribution in [0.25, 0.3) is 0 Å². The maximum atomic E-state index is 12.1. The van der Waals surface area contributed by atoms with Crippen LogP contribution in [0.5, 0.6) is 0 Å². The highest BCUT2D eigenvalue weighted by Gasteiger charge is 2.40. The van der Waals surface area contributed by atoms with Gasteiger partial charge in [-0.05, 0) is 48.3 Å². The molecule has 1 rings (SSSR count). The van der Waals surface area contributed by atoms with Crippen LogP contribution >= 0.6 is 0 Å². The van der Waals surface area contributed by atoms with Gasteiger partial charge in [0.05, 0.1) is 5.92 Å². The summed E-state index contributed by atoms with van der Waals surface area (Å²) in [6, 6.07) is 0. The van der Waals surface area contributed by atoms with E-state index in [0.29, 0.717) is 11.8 Å². The van der Waals surface area contributed by atoms with Gasteiger partial charge in [-0.2, -0.15) is 0 Å². The maximum absolute atomic E-state index is 12.1. The molecule has 0 bridgehead atoms. The van der Waals surface area contributed by atoms with Crippen molar-refractivity contribution in [3.05, 3.63) is 0 Å². The van der Waals surface area contributed by atoms with Gasteiger partial charge in [-0.25, -0.2) is 0 Å². The molecule has 1 saturated carbocycles. The Morgan fingerprint density at radius 1 is 1.00 bits per heavy atom. The van der Waals surface area contributed by atoms with E-state index in [4.69, 9.17) is 4.74 Å². The molecule has 0 heterocycles. The second-order valence-electron chi connectivity index (χ2n) is 9.20. The predicted molar refractivity (Wildman–Crippen MR) is 89.1 cm³/mol. The monoisotopic (exact) mass is 296 g/mol. The zero-order valence-electron chi connectivity index (χ0n) is 15.5. The summed E-state index contributed by atoms with van der Waals surface area (Å²) in [6.45, 7) is 17.9. The van der Waals surface area contributed by atoms with Gasteiger partial charge >= 0.3 is 5.97 Å². The topological polar surface area (TPSA) is 26.3 Å². The smallest absolute Gasteiger partial charge is 0.308 e. The van der Waals surface area contributed by atoms with Gasteiger partial charge in [0.25, 0.3) is 0 Å². The van der Waals surface area contributed by atoms with Crippen LogP contribution in [0.2, 0.25) is 0 Å². The Kier molecular flexibility index (Phi) is 5.91. The van der Waals surface area contributed by atoms with Gasteiger partial charge in [-0.3, -0.25) is 4.79 Å². The van der Waals surface area contributed by atoms with Gasteiger partial charge in [0.15, 0.2) is 0 Å². The maximum Gasteiger partial charge on any atom is 0.308 e. The second-order valence-corrected chi connectivity index (χ2v) is 9.20. The molecule has 0 radical (unpaired) electrons. The van der Waals surface area contributed by atoms with Crippen molar-refractivity contribution in [3.8, 4) is 0 Å². The van der Waals surface area contributed by atoms with Crippen LogP contribution in [0.4, 0.5) is 0 Å². The third-order valence-corrected chi connectivity index (χ3v) is 5.41. The zero-order chi connectivity index (χ0) is 16.4. The van der Waals surface area contributed by atoms with Gasteiger partial charge in [0.2, 0.25) is 0 Å². The summed E-state index contributed by atoms with van der Waals surface area (Å²) in [5.41, 5.74) is 0.565. The summed E-state index contributed by atoms with van der Waals surface area (Å²) in [5.74, 6) is 1.27. The highest BCUT2D eigenvalue weighted by Crippen LogP contribution is 2.47. The van der Waals surface area contributed by atoms with Crippen molar-refractivity contribution in [1.82, 2.24) is 0 Å². The van der Waals surface area contributed by atoms with Crippen LogP contribution < -0.4 is 0 Å². The average molecular weight is 296 g/mol. The Labute approximate surface area is 132 Å². The lowest BCUT2D eigenvalue weighted by Crippen LogP contribution is -2.40. The standard InChI is InChI=1S/C19H36O2/c1-9-13(2)17(20)21-16-11-14(18(3,4)5)10-15(12-16)19(6,7)8/h13-16H,9-12H2,1-8H3. The molecule has 0 aromatic rings. The number of hydrogen-bond acceptors (Lipinski definition) is 2. The van der Waals surface area contributed by atoms with Gasteiger partial charge in [0, 0.05) is 0 Å². The number of esters is 1. The minimum atomic E-state index is -0.00952. The first-order valence-electron chi connectivity index (χ1n) is 8.65. The van der Waals surface area contributed by atoms with E-state index in [-0.39, 0.29) is 28.8 Å². The predicted octanol–water partition coefficient (Wildman–Crippen LogP) is 5.45. The first-order valence-corrected chi connectivity index (χ1v) is 8.65. The van der Waals surface area contributed by atoms with E-state index >= 15 is 0 Å². The minimum Gasteiger partial charge on any atom is -0.462 e. The zero-order valence-corrected chi connectivity index (χ0v) is 15.5. The van der Waals surface area contributed by atoms with E-state index in [0.717, 1.165) is 19.3 Å². The van der Waals surface area contributed by atoms with Crippen molar-refractivity contribution in [1.29, 1.82) is 0 Å². The summed E-state index contributed by atoms with van der Waals surface area (Å²) in [5, 5.41) is 0. The molecule has 1 aliphatic rings. The lowest BCUT2D eigenvalue weighted by Gasteiger charge is -2.45. The van der Waals surface area contributed by atoms with Gasteiger partial charge in [-0.15, -0.1) is 0 Å². The third kappa shape index (κ3) is 5.30. The quantitative estimate of drug-likeness (QED) is 0.647. The van der Waals surface area contributed by atoms with Crippen molar-refractivity contribution in [2.24, 2.45) is 28.6 Å². The Morgan fingerprint density at radius 3 is 1.76 bits per heavy atom. The van der Waals surface area contributed by atoms with E-state index in [1.54, 1.807) is 0 Å². The van der Waals surface area contributed by atoms with Gasteiger partial charge in [-0.1, -0.05) is 55.4 Å². The summed E-state index contributed by atoms with van der Waals surface area (Å²) in [6.07, 6.45) is 4.27. The van der Waals surface area contributed by atoms with Crippen molar-refractivity contribution in [3.63, 3.8) is 0 Å². The average Bonchev–Trinajstić information content (AvgIpc) is 2.35. The number of rotatable bonds is 3. The molecule has 2 nitrogen and oxygen atoms in total. The van der Waals surface area contributed by atoms with Crippen LogP contribution in [0.15, 0.2) is 0 Å². The molecule has 2 heteroatoms. The minimum absolute atomic E-state index is 0.00952. The highest BCUT2D eigenvalue weighted by atomic mass is 16.5. The molecule has 0 aromatic carbocycles. The molecular formula is C19H36O2. The molecule has 1 aliphatic carbocycles. The SMILES string of the molecule is CCC(C)C(=O)OC1CC(C(C)(C)C)CC(C(C)(C)C)C1. The van der Waals surface area contributed by atoms with Crippen molar-refractivity contribution < 1.29 is 9.53 Å². The molecule has 3 atom stereocenters. The number of ether oxygens (including phenoxy) is 1. The molecule has 0 aromatic heterocycles. The Balaban J connectivity index is 2.81. The van der Waals surface area contributed by atoms with Crippen LogP contribution in [0.1, 0.15) is 81.1 Å². The summed E-state index contributed by atoms with van der Waals surface area (Å²) in [4.78, 5) is 12.1. The fourth-order valence-electron chi connectivity index (χ4n) is 3.22. The van der Waals surface area contributed by atoms with E-state index in [9.17, 15) is 4.79 Å². The first-order chi connectivity index (χ1) is 9.45. The Morgan fingerprint density at radius 2 is 1.43 bits per heavy atom. The Bertz CT molecular complexity index is 324. The highest BCUT2D eigenvalue weighted by molar-refractivity contribution is 5.72. The first kappa shape index (κ1) is 18.5. The molecule has 124 valence electrons. The lowest BCUT2D eigenvalue weighted by molar-refractivity contribution is -0.159. The van der Waals surface area contributed by atoms with Gasteiger partial charge < -0.3 is 4.74 Å². The third-order valence-electron chi connectivity index (χ3n) is 5.41. The molecule has 0 aliphatic heterocycles. The van der Waals surface area contributed by atoms with Crippen LogP contribution in [0.3, 0.4) is 0 Å². The van der Waals surface area contributed by atoms with Crippen LogP contribution in [0, 0.1) is 28.6 Å². The van der Waals surface area contributed by atoms with E-state index in [1.807, 2.05) is 13.8 Å². The van der Waals surface area contributed by atoms with E-state index < -0.39 is 0 Å². The lowest BCUT2D eigenvalue weighted by atomic mass is 9.62. The molecule has 0 N–H and O–H groups in total. The van der Waals surface area contributed by atoms with Crippen molar-refractivity contribution in [2.45, 2.75) is 87.2 Å². The van der Waals surface area contributed by atoms with E-state index in [1.165, 1.54) is 6.42 Å². The summed E-state index contributed by atoms with van der Waals surface area (Å²) < 4.78 is 5.86. The van der Waals surface area contributed by atoms with Crippen molar-refractivity contribution >= 4 is 5.97 Å². The summed E-state index contributed by atoms with van der Waals surface area (Å²) >= 11 is 0. The second kappa shape index (κ2) is 6.71. The largest absolute Gasteiger partial charge is 0.462 e. The van der Waals surface area contributed by atoms with Crippen molar-refractivity contribution in [2.75, 3.05) is 0 Å². The Hall–Kier alpha value is -0.530.